The van der Waals surface area contributed by atoms with Gasteiger partial charge >= 0.3 is 11.9 Å². The molecule has 2 fully saturated rings. The van der Waals surface area contributed by atoms with Crippen molar-refractivity contribution in [2.45, 2.75) is 215 Å². The number of carboxylic acid groups (broad SMARTS) is 2. The number of rotatable bonds is 46. The van der Waals surface area contributed by atoms with Crippen molar-refractivity contribution >= 4 is 95.5 Å². The Morgan fingerprint density at radius 3 is 1.23 bits per heavy atom. The zero-order chi connectivity index (χ0) is 69.0. The van der Waals surface area contributed by atoms with Crippen LogP contribution in [-0.2, 0) is 62.3 Å². The number of hydrogen-bond acceptors (Lipinski definition) is 20. The van der Waals surface area contributed by atoms with Gasteiger partial charge in [0, 0.05) is 31.8 Å². The number of guanidine groups is 1. The number of carbonyl (C=O) groups is 13. The minimum absolute atomic E-state index is 0.00947. The number of carboxylic acids is 2. The number of unbranched alkanes of at least 4 members (excludes halogenated alkanes) is 4. The maximum atomic E-state index is 14.6. The van der Waals surface area contributed by atoms with E-state index in [0.29, 0.717) is 64.2 Å². The fourth-order valence-corrected chi connectivity index (χ4v) is 10.7. The Balaban J connectivity index is 2.52. The van der Waals surface area contributed by atoms with Crippen molar-refractivity contribution in [3.8, 4) is 0 Å². The Morgan fingerprint density at radius 1 is 0.478 bits per heavy atom. The lowest BCUT2D eigenvalue weighted by Gasteiger charge is -2.30. The van der Waals surface area contributed by atoms with Crippen molar-refractivity contribution in [1.29, 1.82) is 0 Å². The Bertz CT molecular complexity index is 2500. The third-order valence-electron chi connectivity index (χ3n) is 15.6. The number of carbonyl (C=O) groups excluding carboxylic acids is 11. The summed E-state index contributed by atoms with van der Waals surface area (Å²) >= 11 is 4.13. The van der Waals surface area contributed by atoms with Crippen LogP contribution in [0.5, 0.6) is 0 Å². The molecule has 0 radical (unpaired) electrons. The monoisotopic (exact) mass is 1330 g/mol. The molecule has 2 aliphatic heterocycles. The quantitative estimate of drug-likeness (QED) is 0.0117. The SMILES string of the molecule is CC(C)[C@H](NC(=O)[C@H](CCCCN)NC(=O)[C@H](CCCN=C(N)N)NC(=O)[C@H](CCCCN)NC(=O)[C@H](CCCCN)NC(=O)[C@H](CCCCN)NC(=O)[C@@H]1CCCN1C(=O)[C@@H](N)CS)C(=O)N[C@@H](CCC(=O)O)C(=O)N[C@@H](CC(=O)O)C(=O)N1CCC[C@H]1C(N)=O. The van der Waals surface area contributed by atoms with E-state index in [1.807, 2.05) is 0 Å². The molecule has 2 saturated heterocycles. The van der Waals surface area contributed by atoms with Crippen LogP contribution in [0.15, 0.2) is 4.99 Å². The van der Waals surface area contributed by atoms with Crippen LogP contribution in [0.4, 0.5) is 0 Å². The molecule has 0 bridgehead atoms. The molecule has 522 valence electrons. The van der Waals surface area contributed by atoms with Gasteiger partial charge in [-0.05, 0) is 154 Å². The van der Waals surface area contributed by atoms with Gasteiger partial charge in [-0.3, -0.25) is 67.3 Å². The largest absolute Gasteiger partial charge is 0.481 e. The van der Waals surface area contributed by atoms with Crippen LogP contribution in [0.25, 0.3) is 0 Å². The summed E-state index contributed by atoms with van der Waals surface area (Å²) in [7, 11) is 0. The standard InChI is InChI=1S/C57H103N19O15S/c1-32(2)45(54(89)72-39(21-22-43(77)78)51(86)73-40(30-44(79)80)56(91)75-28-12-19-41(75)46(63)81)74-52(87)37(17-6-10-26-61)69-50(85)38(18-11-27-66-57(64)65)70-48(83)35(15-4-8-24-59)67-47(82)34(14-3-7-23-58)68-49(84)36(16-5-9-25-60)71-53(88)42-20-13-29-76(42)55(90)33(62)31-92/h32-42,45,92H,3-31,58-62H2,1-2H3,(H2,63,81)(H,67,82)(H,68,84)(H,69,85)(H,70,83)(H,71,88)(H,72,89)(H,73,86)(H,74,87)(H,77,78)(H,79,80)(H4,64,65,66)/t33-,34-,35-,36-,37-,38-,39-,40-,41-,42-,45-/m0/s1. The van der Waals surface area contributed by atoms with Crippen LogP contribution in [0, 0.1) is 5.92 Å². The average Bonchev–Trinajstić information content (AvgIpc) is 1.62. The topological polar surface area (TPSA) is 586 Å². The van der Waals surface area contributed by atoms with Gasteiger partial charge in [-0.1, -0.05) is 13.8 Å². The summed E-state index contributed by atoms with van der Waals surface area (Å²) < 4.78 is 0. The van der Waals surface area contributed by atoms with Crippen LogP contribution in [0.3, 0.4) is 0 Å². The highest BCUT2D eigenvalue weighted by molar-refractivity contribution is 7.80. The molecule has 26 N–H and O–H groups in total. The fraction of sp³-hybridized carbons (Fsp3) is 0.754. The van der Waals surface area contributed by atoms with E-state index in [4.69, 9.17) is 45.9 Å². The number of aliphatic imine (C=N–C) groups is 1. The first-order valence-electron chi connectivity index (χ1n) is 31.6. The number of amides is 11. The summed E-state index contributed by atoms with van der Waals surface area (Å²) in [5, 5.41) is 40.2. The zero-order valence-electron chi connectivity index (χ0n) is 53.0. The lowest BCUT2D eigenvalue weighted by molar-refractivity contribution is -0.145. The number of hydrogen-bond donors (Lipinski definition) is 19. The van der Waals surface area contributed by atoms with Crippen LogP contribution in [0.2, 0.25) is 0 Å². The Labute approximate surface area is 542 Å². The summed E-state index contributed by atoms with van der Waals surface area (Å²) in [6.07, 6.45) is 2.22. The van der Waals surface area contributed by atoms with Crippen molar-refractivity contribution in [2.75, 3.05) is 51.6 Å². The summed E-state index contributed by atoms with van der Waals surface area (Å²) in [4.78, 5) is 183. The van der Waals surface area contributed by atoms with Gasteiger partial charge in [-0.25, -0.2) is 0 Å². The molecular formula is C57H103N19O15S. The zero-order valence-corrected chi connectivity index (χ0v) is 53.9. The lowest BCUT2D eigenvalue weighted by Crippen LogP contribution is -2.61. The van der Waals surface area contributed by atoms with Gasteiger partial charge in [0.15, 0.2) is 5.96 Å². The normalized spacial score (nSPS) is 17.4. The maximum Gasteiger partial charge on any atom is 0.305 e. The first kappa shape index (κ1) is 80.6. The molecule has 92 heavy (non-hydrogen) atoms. The first-order chi connectivity index (χ1) is 43.6. The Kier molecular flexibility index (Phi) is 38.0. The molecule has 0 aromatic rings. The third-order valence-corrected chi connectivity index (χ3v) is 16.0. The fourth-order valence-electron chi connectivity index (χ4n) is 10.5. The van der Waals surface area contributed by atoms with E-state index in [1.54, 1.807) is 0 Å². The smallest absolute Gasteiger partial charge is 0.305 e. The van der Waals surface area contributed by atoms with Gasteiger partial charge in [-0.15, -0.1) is 0 Å². The number of aliphatic carboxylic acids is 2. The van der Waals surface area contributed by atoms with E-state index in [9.17, 15) is 72.5 Å². The molecule has 2 aliphatic rings. The highest BCUT2D eigenvalue weighted by atomic mass is 32.1. The summed E-state index contributed by atoms with van der Waals surface area (Å²) in [5.74, 6) is -13.1. The number of nitrogens with one attached hydrogen (secondary N) is 8. The van der Waals surface area contributed by atoms with E-state index < -0.39 is 169 Å². The second-order valence-electron chi connectivity index (χ2n) is 23.3. The van der Waals surface area contributed by atoms with Crippen molar-refractivity contribution < 1.29 is 72.5 Å². The van der Waals surface area contributed by atoms with Crippen LogP contribution in [0.1, 0.15) is 149 Å². The highest BCUT2D eigenvalue weighted by Gasteiger charge is 2.41. The second-order valence-corrected chi connectivity index (χ2v) is 23.7. The van der Waals surface area contributed by atoms with Gasteiger partial charge in [0.1, 0.15) is 60.4 Å². The van der Waals surface area contributed by atoms with Crippen LogP contribution >= 0.6 is 12.6 Å². The number of likely N-dealkylation sites (tertiary alicyclic amines) is 2. The molecule has 0 aromatic heterocycles. The predicted octanol–water partition coefficient (Wildman–Crippen LogP) is -5.85. The van der Waals surface area contributed by atoms with E-state index in [0.717, 1.165) is 4.90 Å². The predicted molar refractivity (Wildman–Crippen MR) is 341 cm³/mol. The molecule has 2 heterocycles. The van der Waals surface area contributed by atoms with Crippen molar-refractivity contribution in [1.82, 2.24) is 52.3 Å². The molecule has 0 aliphatic carbocycles. The molecule has 34 nitrogen and oxygen atoms in total. The molecule has 0 spiro atoms. The molecule has 11 atom stereocenters. The maximum absolute atomic E-state index is 14.6. The van der Waals surface area contributed by atoms with Gasteiger partial charge in [0.2, 0.25) is 65.0 Å². The Morgan fingerprint density at radius 2 is 0.848 bits per heavy atom. The number of nitrogens with zero attached hydrogens (tertiary/aromatic N) is 3. The van der Waals surface area contributed by atoms with Crippen molar-refractivity contribution in [2.24, 2.45) is 56.8 Å². The average molecular weight is 1330 g/mol. The van der Waals surface area contributed by atoms with Crippen molar-refractivity contribution in [3.63, 3.8) is 0 Å². The number of thiol groups is 1. The van der Waals surface area contributed by atoms with Crippen LogP contribution in [-0.4, -0.2) is 221 Å². The molecule has 11 amide bonds. The van der Waals surface area contributed by atoms with E-state index in [1.165, 1.54) is 18.7 Å². The molecule has 0 unspecified atom stereocenters. The van der Waals surface area contributed by atoms with Gasteiger partial charge < -0.3 is 108 Å². The highest BCUT2D eigenvalue weighted by Crippen LogP contribution is 2.21. The van der Waals surface area contributed by atoms with E-state index in [-0.39, 0.29) is 109 Å². The Hall–Kier alpha value is -7.47. The van der Waals surface area contributed by atoms with Crippen LogP contribution < -0.4 is 88.4 Å². The first-order valence-corrected chi connectivity index (χ1v) is 32.3. The summed E-state index contributed by atoms with van der Waals surface area (Å²) in [6.45, 7) is 4.29. The third kappa shape index (κ3) is 28.6. The molecule has 0 saturated carbocycles. The molecular weight excluding hydrogens is 1220 g/mol. The minimum atomic E-state index is -1.77. The summed E-state index contributed by atoms with van der Waals surface area (Å²) in [5.41, 5.74) is 45.8. The summed E-state index contributed by atoms with van der Waals surface area (Å²) in [6, 6.07) is -14.6. The van der Waals surface area contributed by atoms with Gasteiger partial charge in [-0.2, -0.15) is 12.6 Å². The van der Waals surface area contributed by atoms with E-state index >= 15 is 0 Å². The minimum Gasteiger partial charge on any atom is -0.481 e. The lowest BCUT2D eigenvalue weighted by atomic mass is 10.00. The molecule has 35 heteroatoms. The van der Waals surface area contributed by atoms with E-state index in [2.05, 4.69) is 60.2 Å². The van der Waals surface area contributed by atoms with Gasteiger partial charge in [0.05, 0.1) is 12.5 Å². The van der Waals surface area contributed by atoms with Crippen molar-refractivity contribution in [3.05, 3.63) is 0 Å². The van der Waals surface area contributed by atoms with Gasteiger partial charge in [0.25, 0.3) is 0 Å². The molecule has 0 aromatic carbocycles. The second kappa shape index (κ2) is 43.4. The number of nitrogens with two attached hydrogens (primary N) is 8. The molecule has 2 rings (SSSR count). The number of primary amides is 1.